The van der Waals surface area contributed by atoms with Gasteiger partial charge in [0, 0.05) is 0 Å². The molecular weight excluding hydrogens is 456 g/mol. The van der Waals surface area contributed by atoms with Crippen LogP contribution in [0.25, 0.3) is 0 Å². The van der Waals surface area contributed by atoms with E-state index in [4.69, 9.17) is 9.47 Å². The van der Waals surface area contributed by atoms with Gasteiger partial charge in [-0.05, 0) is 96.2 Å². The molecule has 0 unspecified atom stereocenters. The Labute approximate surface area is 213 Å². The van der Waals surface area contributed by atoms with Crippen molar-refractivity contribution in [2.75, 3.05) is 6.61 Å². The molecule has 2 aromatic rings. The van der Waals surface area contributed by atoms with Crippen LogP contribution >= 0.6 is 0 Å². The molecule has 0 saturated carbocycles. The van der Waals surface area contributed by atoms with Gasteiger partial charge in [-0.1, -0.05) is 28.9 Å². The molecule has 3 N–H and O–H groups in total. The van der Waals surface area contributed by atoms with Crippen molar-refractivity contribution in [2.24, 2.45) is 0 Å². The summed E-state index contributed by atoms with van der Waals surface area (Å²) in [6.07, 6.45) is 5.10. The Morgan fingerprint density at radius 1 is 0.917 bits per heavy atom. The van der Waals surface area contributed by atoms with Crippen LogP contribution in [0.5, 0.6) is 23.0 Å². The number of ether oxygens (including phenoxy) is 2. The van der Waals surface area contributed by atoms with Crippen LogP contribution in [0.15, 0.2) is 47.1 Å². The number of allylic oxidation sites excluding steroid dienone is 5. The second kappa shape index (κ2) is 11.0. The minimum atomic E-state index is -1.59. The molecule has 0 saturated heterocycles. The molecule has 36 heavy (non-hydrogen) atoms. The van der Waals surface area contributed by atoms with Gasteiger partial charge in [-0.3, -0.25) is 4.79 Å². The first-order valence-corrected chi connectivity index (χ1v) is 12.1. The largest absolute Gasteiger partial charge is 0.507 e. The molecule has 0 aliphatic carbocycles. The Hall–Kier alpha value is -3.51. The van der Waals surface area contributed by atoms with Crippen molar-refractivity contribution in [1.82, 2.24) is 0 Å². The summed E-state index contributed by atoms with van der Waals surface area (Å²) in [4.78, 5) is 13.9. The number of phenolic OH excluding ortho intramolecular Hbond substituents is 2. The van der Waals surface area contributed by atoms with Gasteiger partial charge in [-0.25, -0.2) is 0 Å². The first kappa shape index (κ1) is 27.1. The van der Waals surface area contributed by atoms with Gasteiger partial charge >= 0.3 is 0 Å². The summed E-state index contributed by atoms with van der Waals surface area (Å²) in [6, 6.07) is 3.24. The molecule has 6 nitrogen and oxygen atoms in total. The molecule has 1 atom stereocenters. The quantitative estimate of drug-likeness (QED) is 0.388. The average molecular weight is 493 g/mol. The van der Waals surface area contributed by atoms with E-state index in [0.717, 1.165) is 16.7 Å². The standard InChI is InChI=1S/C30H36O6/c1-16(2)8-10-20-15-21(11-9-17(3)4)29-25(26(20)32)27(33)23-22(31)14-19(7)28(24(23)30(34)36-29)35-13-12-18(5)6/h8-9,12,14-15,30-32,34H,10-11,13H2,1-7H3/t30-/m0/s1. The van der Waals surface area contributed by atoms with E-state index in [2.05, 4.69) is 0 Å². The molecule has 1 aliphatic rings. The van der Waals surface area contributed by atoms with Crippen LogP contribution < -0.4 is 9.47 Å². The normalized spacial score (nSPS) is 14.1. The molecule has 0 aromatic heterocycles. The van der Waals surface area contributed by atoms with Gasteiger partial charge in [0.15, 0.2) is 0 Å². The third kappa shape index (κ3) is 5.65. The summed E-state index contributed by atoms with van der Waals surface area (Å²) in [5.41, 5.74) is 4.82. The Kier molecular flexibility index (Phi) is 8.31. The van der Waals surface area contributed by atoms with Crippen LogP contribution in [0.3, 0.4) is 0 Å². The van der Waals surface area contributed by atoms with Crippen molar-refractivity contribution in [2.45, 2.75) is 67.6 Å². The Morgan fingerprint density at radius 3 is 2.08 bits per heavy atom. The molecule has 0 amide bonds. The number of aryl methyl sites for hydroxylation is 1. The predicted octanol–water partition coefficient (Wildman–Crippen LogP) is 6.38. The van der Waals surface area contributed by atoms with E-state index in [1.807, 2.05) is 59.8 Å². The molecular formula is C30H36O6. The minimum absolute atomic E-state index is 0.0502. The Balaban J connectivity index is 2.29. The van der Waals surface area contributed by atoms with Crippen molar-refractivity contribution in [3.8, 4) is 23.0 Å². The summed E-state index contributed by atoms with van der Waals surface area (Å²) in [5.74, 6) is -0.787. The van der Waals surface area contributed by atoms with Gasteiger partial charge in [-0.2, -0.15) is 0 Å². The summed E-state index contributed by atoms with van der Waals surface area (Å²) < 4.78 is 11.9. The number of carbonyl (C=O) groups is 1. The number of benzene rings is 2. The van der Waals surface area contributed by atoms with Crippen molar-refractivity contribution >= 4 is 5.78 Å². The summed E-state index contributed by atoms with van der Waals surface area (Å²) in [5, 5.41) is 33.3. The lowest BCUT2D eigenvalue weighted by atomic mass is 9.90. The molecule has 3 rings (SSSR count). The Bertz CT molecular complexity index is 1270. The van der Waals surface area contributed by atoms with E-state index in [1.165, 1.54) is 6.07 Å². The van der Waals surface area contributed by atoms with Crippen LogP contribution in [-0.2, 0) is 12.8 Å². The molecule has 1 aliphatic heterocycles. The van der Waals surface area contributed by atoms with E-state index in [-0.39, 0.29) is 46.3 Å². The number of aliphatic hydroxyl groups excluding tert-OH is 1. The van der Waals surface area contributed by atoms with Gasteiger partial charge in [0.25, 0.3) is 0 Å². The van der Waals surface area contributed by atoms with Gasteiger partial charge in [0.1, 0.15) is 35.2 Å². The first-order valence-electron chi connectivity index (χ1n) is 12.1. The number of rotatable bonds is 7. The van der Waals surface area contributed by atoms with Crippen molar-refractivity contribution in [3.05, 3.63) is 80.5 Å². The topological polar surface area (TPSA) is 96.2 Å². The number of fused-ring (bicyclic) bond motifs is 2. The monoisotopic (exact) mass is 492 g/mol. The average Bonchev–Trinajstić information content (AvgIpc) is 2.89. The number of hydrogen-bond donors (Lipinski definition) is 3. The second-order valence-corrected chi connectivity index (χ2v) is 9.94. The molecule has 0 bridgehead atoms. The van der Waals surface area contributed by atoms with Gasteiger partial charge < -0.3 is 24.8 Å². The van der Waals surface area contributed by atoms with Crippen LogP contribution in [0, 0.1) is 6.92 Å². The van der Waals surface area contributed by atoms with Crippen LogP contribution in [0.4, 0.5) is 0 Å². The highest BCUT2D eigenvalue weighted by Crippen LogP contribution is 2.47. The lowest BCUT2D eigenvalue weighted by molar-refractivity contribution is -0.0215. The fourth-order valence-corrected chi connectivity index (χ4v) is 4.11. The Morgan fingerprint density at radius 2 is 1.50 bits per heavy atom. The highest BCUT2D eigenvalue weighted by molar-refractivity contribution is 6.16. The SMILES string of the molecule is CC(C)=CCOc1c(C)cc(O)c2c1[C@@H](O)Oc1c(CC=C(C)C)cc(CC=C(C)C)c(O)c1C2=O. The maximum absolute atomic E-state index is 13.9. The zero-order chi connectivity index (χ0) is 26.7. The van der Waals surface area contributed by atoms with E-state index in [0.29, 0.717) is 29.5 Å². The molecule has 0 fully saturated rings. The van der Waals surface area contributed by atoms with Gasteiger partial charge in [0.2, 0.25) is 12.1 Å². The summed E-state index contributed by atoms with van der Waals surface area (Å²) in [6.45, 7) is 13.7. The van der Waals surface area contributed by atoms with E-state index >= 15 is 0 Å². The van der Waals surface area contributed by atoms with Crippen molar-refractivity contribution in [3.63, 3.8) is 0 Å². The molecule has 0 spiro atoms. The smallest absolute Gasteiger partial charge is 0.228 e. The number of phenols is 2. The molecule has 2 aromatic carbocycles. The first-order chi connectivity index (χ1) is 16.9. The highest BCUT2D eigenvalue weighted by Gasteiger charge is 2.37. The van der Waals surface area contributed by atoms with E-state index in [9.17, 15) is 20.1 Å². The number of hydrogen-bond acceptors (Lipinski definition) is 6. The number of ketones is 1. The number of carbonyl (C=O) groups excluding carboxylic acids is 1. The lowest BCUT2D eigenvalue weighted by Crippen LogP contribution is -2.13. The van der Waals surface area contributed by atoms with Crippen LogP contribution in [-0.4, -0.2) is 27.7 Å². The lowest BCUT2D eigenvalue weighted by Gasteiger charge is -2.20. The highest BCUT2D eigenvalue weighted by atomic mass is 16.6. The van der Waals surface area contributed by atoms with E-state index in [1.54, 1.807) is 13.0 Å². The predicted molar refractivity (Wildman–Crippen MR) is 141 cm³/mol. The van der Waals surface area contributed by atoms with E-state index < -0.39 is 12.1 Å². The van der Waals surface area contributed by atoms with Crippen molar-refractivity contribution < 1.29 is 29.6 Å². The maximum Gasteiger partial charge on any atom is 0.228 e. The zero-order valence-corrected chi connectivity index (χ0v) is 22.2. The maximum atomic E-state index is 13.9. The number of aromatic hydroxyl groups is 2. The van der Waals surface area contributed by atoms with Crippen molar-refractivity contribution in [1.29, 1.82) is 0 Å². The number of aliphatic hydroxyl groups is 1. The van der Waals surface area contributed by atoms with Gasteiger partial charge in [-0.15, -0.1) is 0 Å². The fourth-order valence-electron chi connectivity index (χ4n) is 4.11. The van der Waals surface area contributed by atoms with Crippen LogP contribution in [0.1, 0.15) is 86.0 Å². The van der Waals surface area contributed by atoms with Crippen LogP contribution in [0.2, 0.25) is 0 Å². The zero-order valence-electron chi connectivity index (χ0n) is 22.2. The molecule has 0 radical (unpaired) electrons. The third-order valence-electron chi connectivity index (χ3n) is 6.00. The molecule has 192 valence electrons. The fraction of sp³-hybridized carbons (Fsp3) is 0.367. The second-order valence-electron chi connectivity index (χ2n) is 9.94. The molecule has 1 heterocycles. The minimum Gasteiger partial charge on any atom is -0.507 e. The summed E-state index contributed by atoms with van der Waals surface area (Å²) in [7, 11) is 0. The third-order valence-corrected chi connectivity index (χ3v) is 6.00. The van der Waals surface area contributed by atoms with Gasteiger partial charge in [0.05, 0.1) is 11.1 Å². The molecule has 6 heteroatoms. The summed E-state index contributed by atoms with van der Waals surface area (Å²) >= 11 is 0.